The van der Waals surface area contributed by atoms with Crippen molar-refractivity contribution in [3.63, 3.8) is 0 Å². The van der Waals surface area contributed by atoms with Crippen LogP contribution in [0.5, 0.6) is 5.75 Å². The summed E-state index contributed by atoms with van der Waals surface area (Å²) in [5.74, 6) is 0.936. The highest BCUT2D eigenvalue weighted by Gasteiger charge is 2.41. The number of hydrogen-bond donors (Lipinski definition) is 2. The molecule has 0 aliphatic carbocycles. The van der Waals surface area contributed by atoms with E-state index in [1.165, 1.54) is 16.7 Å². The quantitative estimate of drug-likeness (QED) is 0.715. The molecule has 1 saturated heterocycles. The Hall–Kier alpha value is -2.80. The Morgan fingerprint density at radius 1 is 1.24 bits per heavy atom. The number of hydrogen-bond acceptors (Lipinski definition) is 6. The van der Waals surface area contributed by atoms with Crippen LogP contribution in [0.15, 0.2) is 30.5 Å². The number of methoxy groups -OCH3 is 1. The lowest BCUT2D eigenvalue weighted by Gasteiger charge is -2.47. The van der Waals surface area contributed by atoms with Gasteiger partial charge in [-0.3, -0.25) is 9.88 Å². The summed E-state index contributed by atoms with van der Waals surface area (Å²) in [6, 6.07) is 8.62. The van der Waals surface area contributed by atoms with Crippen molar-refractivity contribution in [3.05, 3.63) is 52.8 Å². The molecule has 4 rings (SSSR count). The Labute approximate surface area is 196 Å². The van der Waals surface area contributed by atoms with Crippen molar-refractivity contribution in [2.24, 2.45) is 0 Å². The van der Waals surface area contributed by atoms with Gasteiger partial charge >= 0.3 is 6.09 Å². The van der Waals surface area contributed by atoms with Crippen LogP contribution in [0.25, 0.3) is 0 Å². The molecule has 7 nitrogen and oxygen atoms in total. The molecule has 178 valence electrons. The van der Waals surface area contributed by atoms with Crippen LogP contribution in [0.3, 0.4) is 0 Å². The minimum Gasteiger partial charge on any atom is -0.495 e. The number of rotatable bonds is 4. The van der Waals surface area contributed by atoms with E-state index in [9.17, 15) is 4.79 Å². The molecule has 2 aliphatic rings. The van der Waals surface area contributed by atoms with Crippen LogP contribution < -0.4 is 15.4 Å². The molecule has 1 aromatic carbocycles. The summed E-state index contributed by atoms with van der Waals surface area (Å²) in [5, 5.41) is 6.43. The molecule has 3 heterocycles. The Bertz CT molecular complexity index is 1020. The molecule has 3 unspecified atom stereocenters. The first kappa shape index (κ1) is 23.4. The van der Waals surface area contributed by atoms with Crippen LogP contribution in [-0.2, 0) is 11.2 Å². The average molecular weight is 453 g/mol. The maximum Gasteiger partial charge on any atom is 0.407 e. The molecule has 2 N–H and O–H groups in total. The smallest absolute Gasteiger partial charge is 0.407 e. The first-order chi connectivity index (χ1) is 15.7. The zero-order chi connectivity index (χ0) is 23.8. The highest BCUT2D eigenvalue weighted by Crippen LogP contribution is 2.44. The number of alkyl carbamates (subject to hydrolysis) is 1. The van der Waals surface area contributed by atoms with Crippen LogP contribution in [0.1, 0.15) is 61.5 Å². The summed E-state index contributed by atoms with van der Waals surface area (Å²) in [5.41, 5.74) is 5.27. The van der Waals surface area contributed by atoms with Crippen molar-refractivity contribution < 1.29 is 14.3 Å². The lowest BCUT2D eigenvalue weighted by Crippen LogP contribution is -2.53. The predicted molar refractivity (Wildman–Crippen MR) is 130 cm³/mol. The first-order valence-corrected chi connectivity index (χ1v) is 11.7. The second kappa shape index (κ2) is 9.21. The van der Waals surface area contributed by atoms with Gasteiger partial charge in [0.15, 0.2) is 0 Å². The number of amides is 1. The van der Waals surface area contributed by atoms with E-state index in [1.54, 1.807) is 7.11 Å². The van der Waals surface area contributed by atoms with Crippen LogP contribution >= 0.6 is 0 Å². The van der Waals surface area contributed by atoms with Gasteiger partial charge in [0.1, 0.15) is 11.4 Å². The summed E-state index contributed by atoms with van der Waals surface area (Å²) in [4.78, 5) is 20.0. The van der Waals surface area contributed by atoms with E-state index in [1.807, 2.05) is 40.1 Å². The molecule has 1 aromatic heterocycles. The summed E-state index contributed by atoms with van der Waals surface area (Å²) in [6.45, 7) is 9.55. The van der Waals surface area contributed by atoms with Gasteiger partial charge in [0, 0.05) is 50.0 Å². The number of ether oxygens (including phenoxy) is 2. The van der Waals surface area contributed by atoms with Crippen molar-refractivity contribution >= 4 is 11.8 Å². The van der Waals surface area contributed by atoms with Crippen LogP contribution in [0, 0.1) is 6.92 Å². The lowest BCUT2D eigenvalue weighted by atomic mass is 9.79. The molecule has 7 heteroatoms. The molecule has 0 saturated carbocycles. The van der Waals surface area contributed by atoms with E-state index in [4.69, 9.17) is 9.47 Å². The van der Waals surface area contributed by atoms with E-state index < -0.39 is 5.60 Å². The minimum absolute atomic E-state index is 0.0867. The van der Waals surface area contributed by atoms with E-state index in [-0.39, 0.29) is 24.1 Å². The zero-order valence-electron chi connectivity index (χ0n) is 20.6. The maximum atomic E-state index is 12.8. The topological polar surface area (TPSA) is 75.7 Å². The Balaban J connectivity index is 1.67. The molecule has 1 amide bonds. The van der Waals surface area contributed by atoms with Crippen LogP contribution in [0.4, 0.5) is 10.5 Å². The van der Waals surface area contributed by atoms with Crippen LogP contribution in [0.2, 0.25) is 0 Å². The van der Waals surface area contributed by atoms with Crippen molar-refractivity contribution in [1.82, 2.24) is 15.2 Å². The van der Waals surface area contributed by atoms with Crippen molar-refractivity contribution in [1.29, 1.82) is 0 Å². The first-order valence-electron chi connectivity index (χ1n) is 11.7. The third kappa shape index (κ3) is 5.08. The molecular formula is C26H36N4O3. The summed E-state index contributed by atoms with van der Waals surface area (Å²) < 4.78 is 11.3. The number of anilines is 1. The molecule has 1 fully saturated rings. The number of nitrogens with zero attached hydrogens (tertiary/aromatic N) is 2. The summed E-state index contributed by atoms with van der Waals surface area (Å²) in [6.07, 6.45) is 3.26. The van der Waals surface area contributed by atoms with Gasteiger partial charge in [-0.2, -0.15) is 0 Å². The fourth-order valence-corrected chi connectivity index (χ4v) is 5.11. The number of piperidine rings is 1. The highest BCUT2D eigenvalue weighted by molar-refractivity contribution is 5.68. The van der Waals surface area contributed by atoms with Gasteiger partial charge in [0.2, 0.25) is 0 Å². The minimum atomic E-state index is -0.545. The molecule has 33 heavy (non-hydrogen) atoms. The molecule has 0 bridgehead atoms. The van der Waals surface area contributed by atoms with E-state index in [0.717, 1.165) is 43.1 Å². The summed E-state index contributed by atoms with van der Waals surface area (Å²) in [7, 11) is 3.62. The zero-order valence-corrected chi connectivity index (χ0v) is 20.6. The number of carbonyl (C=O) groups is 1. The molecule has 2 aromatic rings. The van der Waals surface area contributed by atoms with Gasteiger partial charge in [-0.15, -0.1) is 0 Å². The van der Waals surface area contributed by atoms with Crippen molar-refractivity contribution in [2.45, 2.75) is 64.1 Å². The third-order valence-electron chi connectivity index (χ3n) is 6.61. The van der Waals surface area contributed by atoms with Gasteiger partial charge in [-0.05, 0) is 81.5 Å². The standard InChI is InChI=1S/C26H36N4O3/c1-16-7-9-28-20(11-16)19-15-30-10-8-17-12-22(27-5)24(32-6)13-18(17)23(30)14-21(19)29-25(31)33-26(2,3)4/h7,9,11-13,19,21,23,27H,8,10,14-15H2,1-6H3,(H,29,31). The van der Waals surface area contributed by atoms with Gasteiger partial charge in [0.25, 0.3) is 0 Å². The SMILES string of the molecule is CNc1cc2c(cc1OC)C1CC(NC(=O)OC(C)(C)C)C(c3cc(C)ccn3)CN1CC2. The highest BCUT2D eigenvalue weighted by atomic mass is 16.6. The van der Waals surface area contributed by atoms with E-state index >= 15 is 0 Å². The molecule has 0 radical (unpaired) electrons. The van der Waals surface area contributed by atoms with Crippen molar-refractivity contribution in [2.75, 3.05) is 32.6 Å². The van der Waals surface area contributed by atoms with Crippen LogP contribution in [-0.4, -0.2) is 54.9 Å². The van der Waals surface area contributed by atoms with E-state index in [2.05, 4.69) is 45.6 Å². The van der Waals surface area contributed by atoms with Gasteiger partial charge in [-0.25, -0.2) is 4.79 Å². The lowest BCUT2D eigenvalue weighted by molar-refractivity contribution is 0.0411. The van der Waals surface area contributed by atoms with Gasteiger partial charge in [0.05, 0.1) is 12.8 Å². The van der Waals surface area contributed by atoms with Gasteiger partial charge in [-0.1, -0.05) is 0 Å². The number of pyridine rings is 1. The van der Waals surface area contributed by atoms with E-state index in [0.29, 0.717) is 0 Å². The molecule has 0 spiro atoms. The monoisotopic (exact) mass is 452 g/mol. The molecule has 3 atom stereocenters. The number of benzene rings is 1. The summed E-state index contributed by atoms with van der Waals surface area (Å²) >= 11 is 0. The third-order valence-corrected chi connectivity index (χ3v) is 6.61. The number of aryl methyl sites for hydroxylation is 1. The van der Waals surface area contributed by atoms with Gasteiger partial charge < -0.3 is 20.1 Å². The Morgan fingerprint density at radius 2 is 2.03 bits per heavy atom. The normalized spacial score (nSPS) is 22.7. The molecule has 2 aliphatic heterocycles. The number of aromatic nitrogens is 1. The Kier molecular flexibility index (Phi) is 6.52. The second-order valence-corrected chi connectivity index (χ2v) is 10.1. The number of carbonyl (C=O) groups excluding carboxylic acids is 1. The fourth-order valence-electron chi connectivity index (χ4n) is 5.11. The van der Waals surface area contributed by atoms with Crippen molar-refractivity contribution in [3.8, 4) is 5.75 Å². The average Bonchev–Trinajstić information content (AvgIpc) is 2.76. The fraction of sp³-hybridized carbons (Fsp3) is 0.538. The number of nitrogens with one attached hydrogen (secondary N) is 2. The second-order valence-electron chi connectivity index (χ2n) is 10.1. The maximum absolute atomic E-state index is 12.8. The Morgan fingerprint density at radius 3 is 2.70 bits per heavy atom. The largest absolute Gasteiger partial charge is 0.495 e. The predicted octanol–water partition coefficient (Wildman–Crippen LogP) is 4.42. The molecular weight excluding hydrogens is 416 g/mol. The number of fused-ring (bicyclic) bond motifs is 3.